The SMILES string of the molecule is CCOC(=O)c1ccc(Cn2ccc3ncnc(Nc4ccc(OCc5cccc(F)c5)c(Cl)c4)c32)o1. The number of ether oxygens (including phenoxy) is 2. The summed E-state index contributed by atoms with van der Waals surface area (Å²) >= 11 is 6.45. The average Bonchev–Trinajstić information content (AvgIpc) is 3.52. The molecule has 0 amide bonds. The van der Waals surface area contributed by atoms with Crippen LogP contribution in [0.15, 0.2) is 77.6 Å². The quantitative estimate of drug-likeness (QED) is 0.226. The topological polar surface area (TPSA) is 91.4 Å². The summed E-state index contributed by atoms with van der Waals surface area (Å²) in [6.07, 6.45) is 3.34. The molecule has 0 spiro atoms. The van der Waals surface area contributed by atoms with E-state index in [9.17, 15) is 9.18 Å². The smallest absolute Gasteiger partial charge is 0.374 e. The van der Waals surface area contributed by atoms with E-state index < -0.39 is 5.97 Å². The predicted octanol–water partition coefficient (Wildman–Crippen LogP) is 6.36. The maximum Gasteiger partial charge on any atom is 0.374 e. The fraction of sp³-hybridized carbons (Fsp3) is 0.148. The van der Waals surface area contributed by atoms with Gasteiger partial charge in [0, 0.05) is 11.9 Å². The number of benzene rings is 2. The Balaban J connectivity index is 1.33. The Hall–Kier alpha value is -4.37. The standard InChI is InChI=1S/C27H22ClFN4O4/c1-2-35-27(34)24-9-7-20(37-24)14-33-11-10-22-25(33)26(31-16-30-22)32-19-6-8-23(21(28)13-19)36-15-17-4-3-5-18(29)12-17/h3-13,16H,2,14-15H2,1H3,(H,30,31,32). The van der Waals surface area contributed by atoms with E-state index in [-0.39, 0.29) is 24.8 Å². The minimum Gasteiger partial charge on any atom is -0.487 e. The number of carbonyl (C=O) groups is 1. The van der Waals surface area contributed by atoms with E-state index in [1.807, 2.05) is 22.9 Å². The van der Waals surface area contributed by atoms with Gasteiger partial charge in [-0.1, -0.05) is 23.7 Å². The van der Waals surface area contributed by atoms with Gasteiger partial charge in [-0.3, -0.25) is 0 Å². The minimum absolute atomic E-state index is 0.150. The van der Waals surface area contributed by atoms with Gasteiger partial charge in [-0.05, 0) is 61.0 Å². The number of halogens is 2. The first kappa shape index (κ1) is 24.3. The summed E-state index contributed by atoms with van der Waals surface area (Å²) in [5, 5.41) is 3.68. The molecule has 37 heavy (non-hydrogen) atoms. The molecule has 0 saturated heterocycles. The molecule has 0 fully saturated rings. The molecule has 2 aromatic carbocycles. The van der Waals surface area contributed by atoms with Gasteiger partial charge < -0.3 is 23.8 Å². The molecule has 5 rings (SSSR count). The van der Waals surface area contributed by atoms with E-state index in [1.165, 1.54) is 18.5 Å². The third-order valence-corrected chi connectivity index (χ3v) is 5.79. The normalized spacial score (nSPS) is 11.0. The van der Waals surface area contributed by atoms with Gasteiger partial charge in [0.15, 0.2) is 5.82 Å². The monoisotopic (exact) mass is 520 g/mol. The number of nitrogens with zero attached hydrogens (tertiary/aromatic N) is 3. The van der Waals surface area contributed by atoms with Crippen molar-refractivity contribution in [2.45, 2.75) is 20.1 Å². The molecule has 3 aromatic heterocycles. The Bertz CT molecular complexity index is 1570. The van der Waals surface area contributed by atoms with Crippen LogP contribution in [-0.4, -0.2) is 27.1 Å². The van der Waals surface area contributed by atoms with Crippen molar-refractivity contribution in [2.75, 3.05) is 11.9 Å². The molecule has 5 aromatic rings. The van der Waals surface area contributed by atoms with Crippen LogP contribution in [-0.2, 0) is 17.9 Å². The van der Waals surface area contributed by atoms with Crippen LogP contribution in [0.2, 0.25) is 5.02 Å². The number of esters is 1. The van der Waals surface area contributed by atoms with Crippen LogP contribution < -0.4 is 10.1 Å². The summed E-state index contributed by atoms with van der Waals surface area (Å²) in [6, 6.07) is 16.7. The summed E-state index contributed by atoms with van der Waals surface area (Å²) < 4.78 is 31.7. The molecule has 1 N–H and O–H groups in total. The zero-order chi connectivity index (χ0) is 25.8. The lowest BCUT2D eigenvalue weighted by Crippen LogP contribution is -2.04. The van der Waals surface area contributed by atoms with Crippen LogP contribution in [0.5, 0.6) is 5.75 Å². The highest BCUT2D eigenvalue weighted by Crippen LogP contribution is 2.31. The summed E-state index contributed by atoms with van der Waals surface area (Å²) in [7, 11) is 0. The van der Waals surface area contributed by atoms with Crippen molar-refractivity contribution in [3.8, 4) is 5.75 Å². The van der Waals surface area contributed by atoms with Crippen LogP contribution in [0, 0.1) is 5.82 Å². The summed E-state index contributed by atoms with van der Waals surface area (Å²) in [5.74, 6) is 0.950. The van der Waals surface area contributed by atoms with Crippen molar-refractivity contribution < 1.29 is 23.1 Å². The van der Waals surface area contributed by atoms with Crippen molar-refractivity contribution in [1.29, 1.82) is 0 Å². The second kappa shape index (κ2) is 10.7. The van der Waals surface area contributed by atoms with Crippen LogP contribution in [0.4, 0.5) is 15.9 Å². The maximum atomic E-state index is 13.4. The summed E-state index contributed by atoms with van der Waals surface area (Å²) in [5.41, 5.74) is 2.88. The Labute approximate surface area is 216 Å². The van der Waals surface area contributed by atoms with Crippen molar-refractivity contribution >= 4 is 40.1 Å². The second-order valence-corrected chi connectivity index (χ2v) is 8.48. The van der Waals surface area contributed by atoms with Gasteiger partial charge in [0.2, 0.25) is 5.76 Å². The molecular formula is C27H22ClFN4O4. The van der Waals surface area contributed by atoms with Gasteiger partial charge in [-0.2, -0.15) is 0 Å². The van der Waals surface area contributed by atoms with Crippen molar-refractivity contribution in [3.63, 3.8) is 0 Å². The molecule has 3 heterocycles. The number of hydrogen-bond acceptors (Lipinski definition) is 7. The number of nitrogens with one attached hydrogen (secondary N) is 1. The highest BCUT2D eigenvalue weighted by atomic mass is 35.5. The first-order valence-electron chi connectivity index (χ1n) is 11.5. The molecule has 0 aliphatic carbocycles. The lowest BCUT2D eigenvalue weighted by molar-refractivity contribution is 0.0488. The molecule has 188 valence electrons. The molecule has 0 saturated carbocycles. The lowest BCUT2D eigenvalue weighted by atomic mass is 10.2. The first-order chi connectivity index (χ1) is 18.0. The number of hydrogen-bond donors (Lipinski definition) is 1. The van der Waals surface area contributed by atoms with Crippen molar-refractivity contribution in [3.05, 3.63) is 101 Å². The number of anilines is 2. The van der Waals surface area contributed by atoms with Crippen molar-refractivity contribution in [2.24, 2.45) is 0 Å². The summed E-state index contributed by atoms with van der Waals surface area (Å²) in [4.78, 5) is 20.7. The molecule has 0 radical (unpaired) electrons. The number of rotatable bonds is 9. The van der Waals surface area contributed by atoms with E-state index in [2.05, 4.69) is 15.3 Å². The average molecular weight is 521 g/mol. The Kier molecular flexibility index (Phi) is 7.04. The summed E-state index contributed by atoms with van der Waals surface area (Å²) in [6.45, 7) is 2.56. The second-order valence-electron chi connectivity index (χ2n) is 8.07. The maximum absolute atomic E-state index is 13.4. The molecule has 10 heteroatoms. The largest absolute Gasteiger partial charge is 0.487 e. The molecule has 0 aliphatic heterocycles. The Morgan fingerprint density at radius 3 is 2.84 bits per heavy atom. The van der Waals surface area contributed by atoms with Gasteiger partial charge in [-0.25, -0.2) is 19.2 Å². The Morgan fingerprint density at radius 2 is 2.03 bits per heavy atom. The number of fused-ring (bicyclic) bond motifs is 1. The third-order valence-electron chi connectivity index (χ3n) is 5.49. The Morgan fingerprint density at radius 1 is 1.14 bits per heavy atom. The molecule has 8 nitrogen and oxygen atoms in total. The van der Waals surface area contributed by atoms with Gasteiger partial charge in [0.05, 0.1) is 23.7 Å². The highest BCUT2D eigenvalue weighted by Gasteiger charge is 2.15. The van der Waals surface area contributed by atoms with E-state index in [0.29, 0.717) is 40.1 Å². The van der Waals surface area contributed by atoms with E-state index in [4.69, 9.17) is 25.5 Å². The van der Waals surface area contributed by atoms with Crippen LogP contribution in [0.1, 0.15) is 28.8 Å². The van der Waals surface area contributed by atoms with Crippen LogP contribution >= 0.6 is 11.6 Å². The number of aromatic nitrogens is 3. The van der Waals surface area contributed by atoms with E-state index >= 15 is 0 Å². The lowest BCUT2D eigenvalue weighted by Gasteiger charge is -2.12. The molecule has 0 unspecified atom stereocenters. The van der Waals surface area contributed by atoms with Crippen LogP contribution in [0.3, 0.4) is 0 Å². The van der Waals surface area contributed by atoms with E-state index in [0.717, 1.165) is 11.0 Å². The highest BCUT2D eigenvalue weighted by molar-refractivity contribution is 6.32. The number of furan rings is 1. The zero-order valence-electron chi connectivity index (χ0n) is 19.8. The van der Waals surface area contributed by atoms with Gasteiger partial charge in [0.1, 0.15) is 35.8 Å². The van der Waals surface area contributed by atoms with E-state index in [1.54, 1.807) is 43.3 Å². The van der Waals surface area contributed by atoms with Gasteiger partial charge >= 0.3 is 5.97 Å². The molecule has 0 aliphatic rings. The minimum atomic E-state index is -0.503. The number of carbonyl (C=O) groups excluding carboxylic acids is 1. The fourth-order valence-corrected chi connectivity index (χ4v) is 4.05. The van der Waals surface area contributed by atoms with Crippen LogP contribution in [0.25, 0.3) is 11.0 Å². The first-order valence-corrected chi connectivity index (χ1v) is 11.9. The third kappa shape index (κ3) is 5.57. The van der Waals surface area contributed by atoms with Crippen molar-refractivity contribution in [1.82, 2.24) is 14.5 Å². The molecule has 0 atom stereocenters. The predicted molar refractivity (Wildman–Crippen MR) is 137 cm³/mol. The fourth-order valence-electron chi connectivity index (χ4n) is 3.82. The zero-order valence-corrected chi connectivity index (χ0v) is 20.5. The molecular weight excluding hydrogens is 499 g/mol. The van der Waals surface area contributed by atoms with Gasteiger partial charge in [0.25, 0.3) is 0 Å². The molecule has 0 bridgehead atoms. The van der Waals surface area contributed by atoms with Gasteiger partial charge in [-0.15, -0.1) is 0 Å².